The van der Waals surface area contributed by atoms with Gasteiger partial charge in [0.15, 0.2) is 6.29 Å². The van der Waals surface area contributed by atoms with Crippen LogP contribution in [-0.4, -0.2) is 6.29 Å². The zero-order chi connectivity index (χ0) is 14.5. The molecule has 2 aromatic carbocycles. The van der Waals surface area contributed by atoms with Crippen LogP contribution in [0.2, 0.25) is 0 Å². The number of carbonyl (C=O) groups excluding carboxylic acids is 1. The number of ether oxygens (including phenoxy) is 1. The van der Waals surface area contributed by atoms with Gasteiger partial charge in [-0.2, -0.15) is 5.26 Å². The minimum atomic E-state index is -0.489. The van der Waals surface area contributed by atoms with E-state index in [0.29, 0.717) is 27.6 Å². The lowest BCUT2D eigenvalue weighted by molar-refractivity contribution is 0.112. The molecule has 2 rings (SSSR count). The minimum absolute atomic E-state index is 0.0253. The van der Waals surface area contributed by atoms with Crippen LogP contribution in [0.4, 0.5) is 4.39 Å². The van der Waals surface area contributed by atoms with Crippen molar-refractivity contribution in [2.45, 2.75) is 6.61 Å². The number of rotatable bonds is 4. The molecule has 0 atom stereocenters. The van der Waals surface area contributed by atoms with Crippen LogP contribution in [0.3, 0.4) is 0 Å². The third-order valence-corrected chi connectivity index (χ3v) is 3.39. The summed E-state index contributed by atoms with van der Waals surface area (Å²) in [5, 5.41) is 8.66. The van der Waals surface area contributed by atoms with Crippen molar-refractivity contribution < 1.29 is 13.9 Å². The summed E-state index contributed by atoms with van der Waals surface area (Å²) in [4.78, 5) is 10.8. The summed E-state index contributed by atoms with van der Waals surface area (Å²) in [6, 6.07) is 11.0. The van der Waals surface area contributed by atoms with Crippen LogP contribution in [0.15, 0.2) is 40.9 Å². The van der Waals surface area contributed by atoms with Gasteiger partial charge in [-0.1, -0.05) is 22.0 Å². The molecule has 0 aromatic heterocycles. The smallest absolute Gasteiger partial charge is 0.151 e. The second-order valence-corrected chi connectivity index (χ2v) is 4.86. The van der Waals surface area contributed by atoms with E-state index in [1.165, 1.54) is 12.1 Å². The summed E-state index contributed by atoms with van der Waals surface area (Å²) >= 11 is 3.24. The highest BCUT2D eigenvalue weighted by Gasteiger charge is 2.06. The topological polar surface area (TPSA) is 50.1 Å². The van der Waals surface area contributed by atoms with Crippen LogP contribution in [0.1, 0.15) is 21.5 Å². The Morgan fingerprint density at radius 1 is 1.30 bits per heavy atom. The van der Waals surface area contributed by atoms with Gasteiger partial charge in [0.1, 0.15) is 18.2 Å². The molecule has 20 heavy (non-hydrogen) atoms. The van der Waals surface area contributed by atoms with Gasteiger partial charge in [0.25, 0.3) is 0 Å². The van der Waals surface area contributed by atoms with E-state index >= 15 is 0 Å². The summed E-state index contributed by atoms with van der Waals surface area (Å²) in [5.74, 6) is -0.0177. The molecular weight excluding hydrogens is 325 g/mol. The van der Waals surface area contributed by atoms with Crippen LogP contribution in [0.5, 0.6) is 5.75 Å². The van der Waals surface area contributed by atoms with Crippen molar-refractivity contribution in [2.24, 2.45) is 0 Å². The Bertz CT molecular complexity index is 695. The number of hydrogen-bond donors (Lipinski definition) is 0. The zero-order valence-corrected chi connectivity index (χ0v) is 11.9. The van der Waals surface area contributed by atoms with Crippen molar-refractivity contribution in [1.82, 2.24) is 0 Å². The fraction of sp³-hybridized carbons (Fsp3) is 0.0667. The molecule has 3 nitrogen and oxygen atoms in total. The SMILES string of the molecule is N#Cc1ccc(COc2ccc(Br)c(C=O)c2)c(F)c1. The molecule has 0 radical (unpaired) electrons. The van der Waals surface area contributed by atoms with Gasteiger partial charge < -0.3 is 4.74 Å². The van der Waals surface area contributed by atoms with Gasteiger partial charge >= 0.3 is 0 Å². The van der Waals surface area contributed by atoms with E-state index in [2.05, 4.69) is 15.9 Å². The fourth-order valence-corrected chi connectivity index (χ4v) is 1.94. The van der Waals surface area contributed by atoms with Gasteiger partial charge in [-0.25, -0.2) is 4.39 Å². The molecule has 0 saturated carbocycles. The van der Waals surface area contributed by atoms with Crippen molar-refractivity contribution >= 4 is 22.2 Å². The third-order valence-electron chi connectivity index (χ3n) is 2.67. The molecule has 0 fully saturated rings. The normalized spacial score (nSPS) is 9.85. The summed E-state index contributed by atoms with van der Waals surface area (Å²) in [6.07, 6.45) is 0.708. The molecule has 0 amide bonds. The third kappa shape index (κ3) is 3.22. The molecule has 0 heterocycles. The summed E-state index contributed by atoms with van der Waals surface area (Å²) in [6.45, 7) is 0.0253. The van der Waals surface area contributed by atoms with Crippen LogP contribution < -0.4 is 4.74 Å². The van der Waals surface area contributed by atoms with E-state index in [4.69, 9.17) is 10.00 Å². The lowest BCUT2D eigenvalue weighted by Gasteiger charge is -2.08. The van der Waals surface area contributed by atoms with E-state index in [0.717, 1.165) is 6.07 Å². The quantitative estimate of drug-likeness (QED) is 0.798. The fourth-order valence-electron chi connectivity index (χ4n) is 1.60. The Hall–Kier alpha value is -2.19. The maximum Gasteiger partial charge on any atom is 0.151 e. The predicted octanol–water partition coefficient (Wildman–Crippen LogP) is 3.85. The first-order valence-corrected chi connectivity index (χ1v) is 6.49. The highest BCUT2D eigenvalue weighted by atomic mass is 79.9. The Labute approximate surface area is 123 Å². The Balaban J connectivity index is 2.13. The van der Waals surface area contributed by atoms with Gasteiger partial charge in [0.2, 0.25) is 0 Å². The van der Waals surface area contributed by atoms with Gasteiger partial charge in [0.05, 0.1) is 11.6 Å². The average molecular weight is 334 g/mol. The average Bonchev–Trinajstić information content (AvgIpc) is 2.47. The maximum atomic E-state index is 13.7. The number of benzene rings is 2. The number of hydrogen-bond acceptors (Lipinski definition) is 3. The van der Waals surface area contributed by atoms with Crippen molar-refractivity contribution in [3.63, 3.8) is 0 Å². The Morgan fingerprint density at radius 3 is 2.75 bits per heavy atom. The van der Waals surface area contributed by atoms with E-state index in [-0.39, 0.29) is 12.2 Å². The van der Waals surface area contributed by atoms with Gasteiger partial charge in [-0.3, -0.25) is 4.79 Å². The first kappa shape index (κ1) is 14.2. The molecule has 0 aliphatic heterocycles. The molecule has 2 aromatic rings. The van der Waals surface area contributed by atoms with E-state index in [1.54, 1.807) is 18.2 Å². The monoisotopic (exact) mass is 333 g/mol. The van der Waals surface area contributed by atoms with Crippen molar-refractivity contribution in [1.29, 1.82) is 5.26 Å². The van der Waals surface area contributed by atoms with Crippen LogP contribution >= 0.6 is 15.9 Å². The van der Waals surface area contributed by atoms with Gasteiger partial charge in [0, 0.05) is 15.6 Å². The summed E-state index contributed by atoms with van der Waals surface area (Å²) in [7, 11) is 0. The van der Waals surface area contributed by atoms with Gasteiger partial charge in [-0.15, -0.1) is 0 Å². The largest absolute Gasteiger partial charge is 0.489 e. The van der Waals surface area contributed by atoms with Gasteiger partial charge in [-0.05, 0) is 30.3 Å². The van der Waals surface area contributed by atoms with Crippen LogP contribution in [0, 0.1) is 17.1 Å². The lowest BCUT2D eigenvalue weighted by atomic mass is 10.1. The van der Waals surface area contributed by atoms with E-state index in [1.807, 2.05) is 6.07 Å². The van der Waals surface area contributed by atoms with Crippen molar-refractivity contribution in [3.05, 3.63) is 63.4 Å². The molecule has 0 spiro atoms. The Morgan fingerprint density at radius 2 is 2.10 bits per heavy atom. The molecule has 0 aliphatic carbocycles. The predicted molar refractivity (Wildman–Crippen MR) is 75.0 cm³/mol. The molecule has 0 saturated heterocycles. The standard InChI is InChI=1S/C15H9BrFNO2/c16-14-4-3-13(6-12(14)8-19)20-9-11-2-1-10(7-18)5-15(11)17/h1-6,8H,9H2. The van der Waals surface area contributed by atoms with Crippen molar-refractivity contribution in [2.75, 3.05) is 0 Å². The minimum Gasteiger partial charge on any atom is -0.489 e. The van der Waals surface area contributed by atoms with Crippen LogP contribution in [-0.2, 0) is 6.61 Å². The first-order valence-electron chi connectivity index (χ1n) is 5.70. The zero-order valence-electron chi connectivity index (χ0n) is 10.3. The first-order chi connectivity index (χ1) is 9.63. The molecule has 0 unspecified atom stereocenters. The number of nitriles is 1. The molecule has 0 bridgehead atoms. The van der Waals surface area contributed by atoms with Crippen LogP contribution in [0.25, 0.3) is 0 Å². The lowest BCUT2D eigenvalue weighted by Crippen LogP contribution is -1.99. The second-order valence-electron chi connectivity index (χ2n) is 4.01. The summed E-state index contributed by atoms with van der Waals surface area (Å²) in [5.41, 5.74) is 1.07. The number of carbonyl (C=O) groups is 1. The Kier molecular flexibility index (Phi) is 4.49. The van der Waals surface area contributed by atoms with Crippen molar-refractivity contribution in [3.8, 4) is 11.8 Å². The molecule has 100 valence electrons. The number of aldehydes is 1. The number of nitrogens with zero attached hydrogens (tertiary/aromatic N) is 1. The molecule has 0 aliphatic rings. The highest BCUT2D eigenvalue weighted by Crippen LogP contribution is 2.22. The number of halogens is 2. The molecular formula is C15H9BrFNO2. The van der Waals surface area contributed by atoms with E-state index < -0.39 is 5.82 Å². The molecule has 0 N–H and O–H groups in total. The maximum absolute atomic E-state index is 13.7. The van der Waals surface area contributed by atoms with E-state index in [9.17, 15) is 9.18 Å². The molecule has 5 heteroatoms. The summed E-state index contributed by atoms with van der Waals surface area (Å²) < 4.78 is 19.8. The highest BCUT2D eigenvalue weighted by molar-refractivity contribution is 9.10. The second kappa shape index (κ2) is 6.31.